The van der Waals surface area contributed by atoms with E-state index >= 15 is 0 Å². The van der Waals surface area contributed by atoms with Crippen molar-refractivity contribution in [2.45, 2.75) is 18.7 Å². The third-order valence-electron chi connectivity index (χ3n) is 3.99. The molecule has 2 aromatic rings. The SMILES string of the molecule is COCCNC(=O)c1cc(Oc2ccc([N+](=O)[O-])cc2S(=O)(=O)NCC(C)C)n(C)n1. The van der Waals surface area contributed by atoms with E-state index in [0.29, 0.717) is 6.61 Å². The quantitative estimate of drug-likeness (QED) is 0.293. The zero-order valence-corrected chi connectivity index (χ0v) is 18.4. The fourth-order valence-corrected chi connectivity index (χ4v) is 3.74. The highest BCUT2D eigenvalue weighted by Crippen LogP contribution is 2.32. The lowest BCUT2D eigenvalue weighted by Gasteiger charge is -2.13. The highest BCUT2D eigenvalue weighted by atomic mass is 32.2. The summed E-state index contributed by atoms with van der Waals surface area (Å²) in [4.78, 5) is 22.2. The van der Waals surface area contributed by atoms with Gasteiger partial charge in [0.15, 0.2) is 5.69 Å². The van der Waals surface area contributed by atoms with Crippen LogP contribution in [0.25, 0.3) is 0 Å². The van der Waals surface area contributed by atoms with Gasteiger partial charge >= 0.3 is 0 Å². The van der Waals surface area contributed by atoms with Crippen molar-refractivity contribution >= 4 is 21.6 Å². The van der Waals surface area contributed by atoms with Crippen LogP contribution >= 0.6 is 0 Å². The molecule has 0 radical (unpaired) electrons. The molecule has 31 heavy (non-hydrogen) atoms. The number of hydrogen-bond acceptors (Lipinski definition) is 8. The van der Waals surface area contributed by atoms with Crippen molar-refractivity contribution < 1.29 is 27.6 Å². The first-order chi connectivity index (χ1) is 14.5. The van der Waals surface area contributed by atoms with Gasteiger partial charge in [0.1, 0.15) is 10.6 Å². The second kappa shape index (κ2) is 10.3. The van der Waals surface area contributed by atoms with Gasteiger partial charge in [-0.05, 0) is 12.0 Å². The molecule has 1 heterocycles. The molecule has 170 valence electrons. The number of nitrogens with one attached hydrogen (secondary N) is 2. The Labute approximate surface area is 179 Å². The number of nitro benzene ring substituents is 1. The molecule has 0 fully saturated rings. The molecule has 0 saturated heterocycles. The number of amides is 1. The van der Waals surface area contributed by atoms with E-state index in [0.717, 1.165) is 12.1 Å². The zero-order chi connectivity index (χ0) is 23.2. The van der Waals surface area contributed by atoms with Crippen LogP contribution in [-0.2, 0) is 21.8 Å². The van der Waals surface area contributed by atoms with Crippen LogP contribution in [0.3, 0.4) is 0 Å². The van der Waals surface area contributed by atoms with Gasteiger partial charge in [0.25, 0.3) is 11.6 Å². The number of methoxy groups -OCH3 is 1. The third kappa shape index (κ3) is 6.47. The van der Waals surface area contributed by atoms with Gasteiger partial charge in [0, 0.05) is 45.4 Å². The van der Waals surface area contributed by atoms with Gasteiger partial charge in [-0.15, -0.1) is 0 Å². The number of benzene rings is 1. The molecule has 1 aromatic heterocycles. The van der Waals surface area contributed by atoms with Crippen LogP contribution in [0.1, 0.15) is 24.3 Å². The maximum atomic E-state index is 12.8. The number of nitrogens with zero attached hydrogens (tertiary/aromatic N) is 3. The van der Waals surface area contributed by atoms with Gasteiger partial charge in [0.05, 0.1) is 11.5 Å². The van der Waals surface area contributed by atoms with Crippen LogP contribution in [-0.4, -0.2) is 55.8 Å². The number of hydrogen-bond donors (Lipinski definition) is 2. The first-order valence-electron chi connectivity index (χ1n) is 9.32. The van der Waals surface area contributed by atoms with Gasteiger partial charge in [-0.1, -0.05) is 13.8 Å². The van der Waals surface area contributed by atoms with E-state index in [1.54, 1.807) is 0 Å². The Kier molecular flexibility index (Phi) is 8.08. The molecule has 0 spiro atoms. The number of non-ortho nitro benzene ring substituents is 1. The van der Waals surface area contributed by atoms with Crippen molar-refractivity contribution in [1.82, 2.24) is 19.8 Å². The Balaban J connectivity index is 2.36. The van der Waals surface area contributed by atoms with Crippen LogP contribution in [0.5, 0.6) is 11.6 Å². The molecule has 0 aliphatic heterocycles. The molecule has 13 heteroatoms. The summed E-state index contributed by atoms with van der Waals surface area (Å²) in [6.45, 7) is 4.40. The zero-order valence-electron chi connectivity index (χ0n) is 17.6. The second-order valence-corrected chi connectivity index (χ2v) is 8.71. The largest absolute Gasteiger partial charge is 0.438 e. The van der Waals surface area contributed by atoms with Gasteiger partial charge in [0.2, 0.25) is 15.9 Å². The minimum atomic E-state index is -4.10. The topological polar surface area (TPSA) is 155 Å². The summed E-state index contributed by atoms with van der Waals surface area (Å²) in [5.74, 6) is -0.506. The van der Waals surface area contributed by atoms with Gasteiger partial charge in [-0.25, -0.2) is 17.8 Å². The number of sulfonamides is 1. The molecule has 0 bridgehead atoms. The molecule has 0 unspecified atom stereocenters. The van der Waals surface area contributed by atoms with E-state index in [1.165, 1.54) is 31.0 Å². The van der Waals surface area contributed by atoms with Crippen LogP contribution in [0.2, 0.25) is 0 Å². The van der Waals surface area contributed by atoms with Gasteiger partial charge < -0.3 is 14.8 Å². The fourth-order valence-electron chi connectivity index (χ4n) is 2.39. The smallest absolute Gasteiger partial charge is 0.272 e. The Morgan fingerprint density at radius 1 is 1.32 bits per heavy atom. The predicted molar refractivity (Wildman–Crippen MR) is 111 cm³/mol. The van der Waals surface area contributed by atoms with E-state index < -0.39 is 31.4 Å². The number of aryl methyl sites for hydroxylation is 1. The molecular weight excluding hydrogens is 430 g/mol. The first-order valence-corrected chi connectivity index (χ1v) is 10.8. The summed E-state index contributed by atoms with van der Waals surface area (Å²) in [5.41, 5.74) is -0.349. The summed E-state index contributed by atoms with van der Waals surface area (Å²) in [5, 5.41) is 17.8. The third-order valence-corrected chi connectivity index (χ3v) is 5.43. The normalized spacial score (nSPS) is 11.5. The van der Waals surface area contributed by atoms with E-state index in [9.17, 15) is 23.3 Å². The van der Waals surface area contributed by atoms with Gasteiger partial charge in [-0.2, -0.15) is 5.10 Å². The number of carbonyl (C=O) groups is 1. The minimum Gasteiger partial charge on any atom is -0.438 e. The summed E-state index contributed by atoms with van der Waals surface area (Å²) in [6, 6.07) is 4.58. The fraction of sp³-hybridized carbons (Fsp3) is 0.444. The number of aromatic nitrogens is 2. The highest BCUT2D eigenvalue weighted by Gasteiger charge is 2.25. The van der Waals surface area contributed by atoms with Crippen LogP contribution in [0, 0.1) is 16.0 Å². The van der Waals surface area contributed by atoms with Crippen LogP contribution in [0.4, 0.5) is 5.69 Å². The summed E-state index contributed by atoms with van der Waals surface area (Å²) < 4.78 is 39.7. The maximum Gasteiger partial charge on any atom is 0.272 e. The Hall–Kier alpha value is -3.03. The standard InChI is InChI=1S/C18H25N5O7S/c1-12(2)11-20-31(27,28)16-9-13(23(25)26)5-6-15(16)30-17-10-14(21-22(17)3)18(24)19-7-8-29-4/h5-6,9-10,12,20H,7-8,11H2,1-4H3,(H,19,24). The lowest BCUT2D eigenvalue weighted by molar-refractivity contribution is -0.385. The maximum absolute atomic E-state index is 12.8. The van der Waals surface area contributed by atoms with Crippen molar-refractivity contribution in [3.63, 3.8) is 0 Å². The van der Waals surface area contributed by atoms with E-state index in [2.05, 4.69) is 15.1 Å². The molecule has 0 saturated carbocycles. The lowest BCUT2D eigenvalue weighted by Crippen LogP contribution is -2.28. The van der Waals surface area contributed by atoms with Crippen molar-refractivity contribution in [1.29, 1.82) is 0 Å². The second-order valence-electron chi connectivity index (χ2n) is 6.98. The summed E-state index contributed by atoms with van der Waals surface area (Å²) >= 11 is 0. The summed E-state index contributed by atoms with van der Waals surface area (Å²) in [6.07, 6.45) is 0. The number of carbonyl (C=O) groups excluding carboxylic acids is 1. The van der Waals surface area contributed by atoms with Crippen LogP contribution in [0.15, 0.2) is 29.2 Å². The molecule has 2 rings (SSSR count). The Morgan fingerprint density at radius 3 is 2.65 bits per heavy atom. The Morgan fingerprint density at radius 2 is 2.03 bits per heavy atom. The predicted octanol–water partition coefficient (Wildman–Crippen LogP) is 1.43. The first kappa shape index (κ1) is 24.2. The molecule has 0 aliphatic carbocycles. The van der Waals surface area contributed by atoms with E-state index in [4.69, 9.17) is 9.47 Å². The minimum absolute atomic E-state index is 0.0223. The highest BCUT2D eigenvalue weighted by molar-refractivity contribution is 7.89. The average molecular weight is 455 g/mol. The number of nitro groups is 1. The molecule has 2 N–H and O–H groups in total. The summed E-state index contributed by atoms with van der Waals surface area (Å²) in [7, 11) is -1.09. The van der Waals surface area contributed by atoms with E-state index in [1.807, 2.05) is 13.8 Å². The monoisotopic (exact) mass is 455 g/mol. The Bertz CT molecular complexity index is 1050. The van der Waals surface area contributed by atoms with Crippen molar-refractivity contribution in [3.8, 4) is 11.6 Å². The van der Waals surface area contributed by atoms with Crippen LogP contribution < -0.4 is 14.8 Å². The average Bonchev–Trinajstić information content (AvgIpc) is 3.07. The molecule has 1 amide bonds. The number of rotatable bonds is 11. The lowest BCUT2D eigenvalue weighted by atomic mass is 10.2. The molecule has 12 nitrogen and oxygen atoms in total. The molecule has 0 atom stereocenters. The molecule has 0 aliphatic rings. The molecular formula is C18H25N5O7S. The van der Waals surface area contributed by atoms with E-state index in [-0.39, 0.29) is 36.3 Å². The van der Waals surface area contributed by atoms with Gasteiger partial charge in [-0.3, -0.25) is 14.9 Å². The van der Waals surface area contributed by atoms with Crippen molar-refractivity contribution in [2.75, 3.05) is 26.8 Å². The van der Waals surface area contributed by atoms with Crippen molar-refractivity contribution in [2.24, 2.45) is 13.0 Å². The number of ether oxygens (including phenoxy) is 2. The molecule has 1 aromatic carbocycles. The van der Waals surface area contributed by atoms with Crippen molar-refractivity contribution in [3.05, 3.63) is 40.1 Å².